The summed E-state index contributed by atoms with van der Waals surface area (Å²) in [5, 5.41) is 4.26. The van der Waals surface area contributed by atoms with E-state index in [1.807, 2.05) is 49.4 Å². The highest BCUT2D eigenvalue weighted by Gasteiger charge is 2.30. The van der Waals surface area contributed by atoms with Gasteiger partial charge in [-0.15, -0.1) is 0 Å². The number of halogens is 3. The van der Waals surface area contributed by atoms with Crippen molar-refractivity contribution in [3.05, 3.63) is 105 Å². The molecule has 0 saturated carbocycles. The Hall–Kier alpha value is -2.53. The summed E-state index contributed by atoms with van der Waals surface area (Å²) in [5.41, 5.74) is 2.31. The number of benzene rings is 3. The van der Waals surface area contributed by atoms with E-state index in [0.29, 0.717) is 33.6 Å². The zero-order valence-corrected chi connectivity index (χ0v) is 20.5. The lowest BCUT2D eigenvalue weighted by atomic mass is 10.0. The van der Waals surface area contributed by atoms with Gasteiger partial charge in [0.2, 0.25) is 11.8 Å². The molecule has 3 aromatic carbocycles. The second kappa shape index (κ2) is 12.1. The molecule has 0 spiro atoms. The van der Waals surface area contributed by atoms with Crippen molar-refractivity contribution < 1.29 is 9.59 Å². The molecule has 33 heavy (non-hydrogen) atoms. The van der Waals surface area contributed by atoms with Gasteiger partial charge in [0.15, 0.2) is 0 Å². The molecule has 0 saturated heterocycles. The van der Waals surface area contributed by atoms with Crippen molar-refractivity contribution in [3.63, 3.8) is 0 Å². The van der Waals surface area contributed by atoms with Crippen LogP contribution < -0.4 is 5.32 Å². The Balaban J connectivity index is 1.99. The molecule has 0 aliphatic heterocycles. The molecule has 7 heteroatoms. The smallest absolute Gasteiger partial charge is 0.243 e. The van der Waals surface area contributed by atoms with Crippen LogP contribution in [0.4, 0.5) is 0 Å². The zero-order chi connectivity index (χ0) is 23.8. The number of nitrogens with zero attached hydrogens (tertiary/aromatic N) is 1. The van der Waals surface area contributed by atoms with Crippen LogP contribution in [-0.2, 0) is 29.0 Å². The molecule has 172 valence electrons. The van der Waals surface area contributed by atoms with Crippen molar-refractivity contribution in [1.29, 1.82) is 0 Å². The minimum atomic E-state index is -0.722. The van der Waals surface area contributed by atoms with Crippen LogP contribution in [0.25, 0.3) is 0 Å². The van der Waals surface area contributed by atoms with Gasteiger partial charge in [0.05, 0.1) is 6.42 Å². The van der Waals surface area contributed by atoms with Gasteiger partial charge in [-0.2, -0.15) is 0 Å². The third kappa shape index (κ3) is 6.97. The van der Waals surface area contributed by atoms with Crippen LogP contribution in [0.3, 0.4) is 0 Å². The fourth-order valence-electron chi connectivity index (χ4n) is 3.63. The predicted octanol–water partition coefficient (Wildman–Crippen LogP) is 5.97. The van der Waals surface area contributed by atoms with Gasteiger partial charge in [0.25, 0.3) is 0 Å². The Morgan fingerprint density at radius 2 is 1.52 bits per heavy atom. The summed E-state index contributed by atoms with van der Waals surface area (Å²) < 4.78 is 0. The normalized spacial score (nSPS) is 11.6. The fourth-order valence-corrected chi connectivity index (χ4v) is 4.38. The van der Waals surface area contributed by atoms with E-state index in [-0.39, 0.29) is 24.8 Å². The minimum Gasteiger partial charge on any atom is -0.355 e. The Labute approximate surface area is 209 Å². The Morgan fingerprint density at radius 3 is 2.15 bits per heavy atom. The van der Waals surface area contributed by atoms with Crippen LogP contribution in [0.5, 0.6) is 0 Å². The molecular weight excluding hydrogens is 479 g/mol. The third-order valence-corrected chi connectivity index (χ3v) is 6.20. The summed E-state index contributed by atoms with van der Waals surface area (Å²) >= 11 is 18.8. The van der Waals surface area contributed by atoms with E-state index in [9.17, 15) is 9.59 Å². The largest absolute Gasteiger partial charge is 0.355 e. The van der Waals surface area contributed by atoms with Crippen molar-refractivity contribution in [2.75, 3.05) is 6.54 Å². The molecule has 0 radical (unpaired) electrons. The molecular formula is C26H25Cl3N2O2. The molecule has 0 fully saturated rings. The predicted molar refractivity (Wildman–Crippen MR) is 135 cm³/mol. The monoisotopic (exact) mass is 502 g/mol. The number of carbonyl (C=O) groups excluding carboxylic acids is 2. The van der Waals surface area contributed by atoms with E-state index in [2.05, 4.69) is 5.32 Å². The van der Waals surface area contributed by atoms with Crippen LogP contribution in [0, 0.1) is 0 Å². The molecule has 0 aliphatic rings. The SMILES string of the molecule is CCNC(=O)[C@@H](Cc1ccccc1)N(Cc1cccc(Cl)c1)C(=O)Cc1c(Cl)cccc1Cl. The molecule has 0 bridgehead atoms. The quantitative estimate of drug-likeness (QED) is 0.391. The first-order valence-electron chi connectivity index (χ1n) is 10.7. The van der Waals surface area contributed by atoms with Gasteiger partial charge in [-0.25, -0.2) is 0 Å². The lowest BCUT2D eigenvalue weighted by molar-refractivity contribution is -0.140. The molecule has 0 heterocycles. The van der Waals surface area contributed by atoms with Crippen LogP contribution in [0.2, 0.25) is 15.1 Å². The number of rotatable bonds is 9. The first-order chi connectivity index (χ1) is 15.9. The molecule has 3 rings (SSSR count). The first kappa shape index (κ1) is 25.1. The summed E-state index contributed by atoms with van der Waals surface area (Å²) in [6.45, 7) is 2.53. The van der Waals surface area contributed by atoms with E-state index in [0.717, 1.165) is 11.1 Å². The van der Waals surface area contributed by atoms with Gasteiger partial charge in [-0.05, 0) is 47.9 Å². The molecule has 3 aromatic rings. The number of hydrogen-bond donors (Lipinski definition) is 1. The highest BCUT2D eigenvalue weighted by atomic mass is 35.5. The standard InChI is InChI=1S/C26H25Cl3N2O2/c1-2-30-26(33)24(15-18-8-4-3-5-9-18)31(17-19-10-6-11-20(27)14-19)25(32)16-21-22(28)12-7-13-23(21)29/h3-14,24H,2,15-17H2,1H3,(H,30,33)/t24-/m1/s1. The van der Waals surface area contributed by atoms with E-state index in [1.54, 1.807) is 35.2 Å². The average Bonchev–Trinajstić information content (AvgIpc) is 2.79. The van der Waals surface area contributed by atoms with Crippen molar-refractivity contribution in [1.82, 2.24) is 10.2 Å². The van der Waals surface area contributed by atoms with Crippen molar-refractivity contribution in [2.24, 2.45) is 0 Å². The average molecular weight is 504 g/mol. The zero-order valence-electron chi connectivity index (χ0n) is 18.2. The lowest BCUT2D eigenvalue weighted by Gasteiger charge is -2.32. The lowest BCUT2D eigenvalue weighted by Crippen LogP contribution is -2.51. The van der Waals surface area contributed by atoms with Crippen LogP contribution in [0.15, 0.2) is 72.8 Å². The van der Waals surface area contributed by atoms with E-state index in [4.69, 9.17) is 34.8 Å². The molecule has 4 nitrogen and oxygen atoms in total. The van der Waals surface area contributed by atoms with E-state index < -0.39 is 6.04 Å². The minimum absolute atomic E-state index is 0.0240. The molecule has 0 unspecified atom stereocenters. The highest BCUT2D eigenvalue weighted by molar-refractivity contribution is 6.36. The third-order valence-electron chi connectivity index (χ3n) is 5.25. The maximum atomic E-state index is 13.6. The number of amides is 2. The van der Waals surface area contributed by atoms with Crippen molar-refractivity contribution >= 4 is 46.6 Å². The summed E-state index contributed by atoms with van der Waals surface area (Å²) in [4.78, 5) is 28.4. The Kier molecular flexibility index (Phi) is 9.19. The van der Waals surface area contributed by atoms with Crippen LogP contribution in [-0.4, -0.2) is 29.3 Å². The summed E-state index contributed by atoms with van der Waals surface area (Å²) in [6, 6.07) is 21.3. The maximum Gasteiger partial charge on any atom is 0.243 e. The fraction of sp³-hybridized carbons (Fsp3) is 0.231. The van der Waals surface area contributed by atoms with Gasteiger partial charge < -0.3 is 10.2 Å². The van der Waals surface area contributed by atoms with Crippen LogP contribution >= 0.6 is 34.8 Å². The number of carbonyl (C=O) groups is 2. The molecule has 0 aromatic heterocycles. The maximum absolute atomic E-state index is 13.6. The summed E-state index contributed by atoms with van der Waals surface area (Å²) in [5.74, 6) is -0.473. The Bertz CT molecular complexity index is 1090. The molecule has 0 aliphatic carbocycles. The van der Waals surface area contributed by atoms with Gasteiger partial charge in [-0.1, -0.05) is 83.3 Å². The summed E-state index contributed by atoms with van der Waals surface area (Å²) in [6.07, 6.45) is 0.346. The van der Waals surface area contributed by atoms with E-state index >= 15 is 0 Å². The molecule has 1 N–H and O–H groups in total. The number of nitrogens with one attached hydrogen (secondary N) is 1. The number of hydrogen-bond acceptors (Lipinski definition) is 2. The second-order valence-electron chi connectivity index (χ2n) is 7.63. The molecule has 1 atom stereocenters. The van der Waals surface area contributed by atoms with Gasteiger partial charge in [0, 0.05) is 34.6 Å². The van der Waals surface area contributed by atoms with Gasteiger partial charge in [0.1, 0.15) is 6.04 Å². The first-order valence-corrected chi connectivity index (χ1v) is 11.8. The van der Waals surface area contributed by atoms with E-state index in [1.165, 1.54) is 0 Å². The second-order valence-corrected chi connectivity index (χ2v) is 8.88. The van der Waals surface area contributed by atoms with Crippen molar-refractivity contribution in [2.45, 2.75) is 32.4 Å². The number of likely N-dealkylation sites (N-methyl/N-ethyl adjacent to an activating group) is 1. The molecule has 2 amide bonds. The van der Waals surface area contributed by atoms with Crippen LogP contribution in [0.1, 0.15) is 23.6 Å². The summed E-state index contributed by atoms with van der Waals surface area (Å²) in [7, 11) is 0. The van der Waals surface area contributed by atoms with Gasteiger partial charge in [-0.3, -0.25) is 9.59 Å². The van der Waals surface area contributed by atoms with Gasteiger partial charge >= 0.3 is 0 Å². The topological polar surface area (TPSA) is 49.4 Å². The Morgan fingerprint density at radius 1 is 0.879 bits per heavy atom. The van der Waals surface area contributed by atoms with Crippen molar-refractivity contribution in [3.8, 4) is 0 Å². The highest BCUT2D eigenvalue weighted by Crippen LogP contribution is 2.26.